The summed E-state index contributed by atoms with van der Waals surface area (Å²) in [6, 6.07) is 3.35. The first-order chi connectivity index (χ1) is 7.59. The van der Waals surface area contributed by atoms with E-state index >= 15 is 0 Å². The Balaban J connectivity index is 2.52. The van der Waals surface area contributed by atoms with Crippen molar-refractivity contribution in [1.82, 2.24) is 0 Å². The second-order valence-electron chi connectivity index (χ2n) is 4.12. The summed E-state index contributed by atoms with van der Waals surface area (Å²) in [6.45, 7) is 3.78. The van der Waals surface area contributed by atoms with Gasteiger partial charge in [-0.1, -0.05) is 11.6 Å². The molecular formula is C12H14ClNO2. The van der Waals surface area contributed by atoms with Gasteiger partial charge < -0.3 is 10.0 Å². The van der Waals surface area contributed by atoms with Crippen molar-refractivity contribution in [2.75, 3.05) is 18.0 Å². The van der Waals surface area contributed by atoms with Crippen molar-refractivity contribution >= 4 is 23.3 Å². The molecule has 1 heterocycles. The molecular weight excluding hydrogens is 226 g/mol. The Morgan fingerprint density at radius 1 is 1.38 bits per heavy atom. The molecule has 0 aromatic heterocycles. The number of hydrogen-bond acceptors (Lipinski definition) is 2. The molecule has 0 bridgehead atoms. The highest BCUT2D eigenvalue weighted by Gasteiger charge is 2.21. The van der Waals surface area contributed by atoms with Crippen LogP contribution in [0.5, 0.6) is 0 Å². The van der Waals surface area contributed by atoms with Crippen LogP contribution in [0.3, 0.4) is 0 Å². The van der Waals surface area contributed by atoms with Crippen LogP contribution in [0.4, 0.5) is 5.69 Å². The second-order valence-corrected chi connectivity index (χ2v) is 4.55. The summed E-state index contributed by atoms with van der Waals surface area (Å²) < 4.78 is 0. The Morgan fingerprint density at radius 3 is 2.56 bits per heavy atom. The van der Waals surface area contributed by atoms with E-state index in [2.05, 4.69) is 4.90 Å². The van der Waals surface area contributed by atoms with E-state index in [1.807, 2.05) is 13.0 Å². The minimum atomic E-state index is -0.910. The smallest absolute Gasteiger partial charge is 0.337 e. The highest BCUT2D eigenvalue weighted by molar-refractivity contribution is 6.31. The van der Waals surface area contributed by atoms with Gasteiger partial charge in [-0.15, -0.1) is 0 Å². The van der Waals surface area contributed by atoms with E-state index in [4.69, 9.17) is 11.6 Å². The number of carboxylic acids is 1. The van der Waals surface area contributed by atoms with Gasteiger partial charge in [-0.2, -0.15) is 0 Å². The quantitative estimate of drug-likeness (QED) is 0.863. The van der Waals surface area contributed by atoms with Gasteiger partial charge in [0.25, 0.3) is 0 Å². The Morgan fingerprint density at radius 2 is 2.00 bits per heavy atom. The van der Waals surface area contributed by atoms with Crippen molar-refractivity contribution in [2.24, 2.45) is 0 Å². The predicted molar refractivity (Wildman–Crippen MR) is 64.6 cm³/mol. The van der Waals surface area contributed by atoms with Gasteiger partial charge in [0.2, 0.25) is 0 Å². The molecule has 4 heteroatoms. The molecule has 1 N–H and O–H groups in total. The second kappa shape index (κ2) is 4.34. The first-order valence-electron chi connectivity index (χ1n) is 5.38. The fourth-order valence-electron chi connectivity index (χ4n) is 2.26. The molecule has 16 heavy (non-hydrogen) atoms. The lowest BCUT2D eigenvalue weighted by atomic mass is 10.1. The number of benzene rings is 1. The van der Waals surface area contributed by atoms with Crippen molar-refractivity contribution in [3.63, 3.8) is 0 Å². The summed E-state index contributed by atoms with van der Waals surface area (Å²) in [7, 11) is 0. The minimum absolute atomic E-state index is 0.312. The summed E-state index contributed by atoms with van der Waals surface area (Å²) in [6.07, 6.45) is 2.25. The lowest BCUT2D eigenvalue weighted by Crippen LogP contribution is -2.21. The number of nitrogens with zero attached hydrogens (tertiary/aromatic N) is 1. The number of carbonyl (C=O) groups is 1. The van der Waals surface area contributed by atoms with Crippen LogP contribution in [-0.2, 0) is 0 Å². The molecule has 0 radical (unpaired) electrons. The van der Waals surface area contributed by atoms with E-state index in [9.17, 15) is 9.90 Å². The number of carboxylic acid groups (broad SMARTS) is 1. The number of anilines is 1. The van der Waals surface area contributed by atoms with E-state index in [1.165, 1.54) is 6.07 Å². The molecule has 3 nitrogen and oxygen atoms in total. The summed E-state index contributed by atoms with van der Waals surface area (Å²) in [5, 5.41) is 9.67. The molecule has 2 rings (SSSR count). The Bertz CT molecular complexity index is 425. The van der Waals surface area contributed by atoms with E-state index < -0.39 is 5.97 Å². The van der Waals surface area contributed by atoms with Crippen molar-refractivity contribution in [1.29, 1.82) is 0 Å². The topological polar surface area (TPSA) is 40.5 Å². The SMILES string of the molecule is Cc1cc(Cl)cc(C(=O)O)c1N1CCCC1. The molecule has 0 spiro atoms. The summed E-state index contributed by atoms with van der Waals surface area (Å²) in [5.74, 6) is -0.910. The van der Waals surface area contributed by atoms with Crippen molar-refractivity contribution < 1.29 is 9.90 Å². The molecule has 0 unspecified atom stereocenters. The lowest BCUT2D eigenvalue weighted by molar-refractivity contribution is 0.0697. The zero-order valence-corrected chi connectivity index (χ0v) is 9.92. The first-order valence-corrected chi connectivity index (χ1v) is 5.76. The van der Waals surface area contributed by atoms with E-state index in [0.717, 1.165) is 37.2 Å². The third-order valence-electron chi connectivity index (χ3n) is 2.92. The largest absolute Gasteiger partial charge is 0.478 e. The fraction of sp³-hybridized carbons (Fsp3) is 0.417. The van der Waals surface area contributed by atoms with Gasteiger partial charge in [-0.25, -0.2) is 4.79 Å². The number of hydrogen-bond donors (Lipinski definition) is 1. The zero-order valence-electron chi connectivity index (χ0n) is 9.16. The average Bonchev–Trinajstić information content (AvgIpc) is 2.69. The summed E-state index contributed by atoms with van der Waals surface area (Å²) >= 11 is 5.89. The van der Waals surface area contributed by atoms with E-state index in [1.54, 1.807) is 0 Å². The number of rotatable bonds is 2. The van der Waals surface area contributed by atoms with Crippen molar-refractivity contribution in [3.8, 4) is 0 Å². The average molecular weight is 240 g/mol. The van der Waals surface area contributed by atoms with Crippen LogP contribution in [0.25, 0.3) is 0 Å². The van der Waals surface area contributed by atoms with Crippen LogP contribution < -0.4 is 4.90 Å². The van der Waals surface area contributed by atoms with Crippen LogP contribution in [0, 0.1) is 6.92 Å². The molecule has 1 saturated heterocycles. The number of halogens is 1. The molecule has 1 fully saturated rings. The molecule has 0 atom stereocenters. The Hall–Kier alpha value is -1.22. The van der Waals surface area contributed by atoms with Gasteiger partial charge >= 0.3 is 5.97 Å². The number of aryl methyl sites for hydroxylation is 1. The van der Waals surface area contributed by atoms with Gasteiger partial charge in [0.15, 0.2) is 0 Å². The van der Waals surface area contributed by atoms with Crippen LogP contribution in [0.2, 0.25) is 5.02 Å². The van der Waals surface area contributed by atoms with Gasteiger partial charge in [0, 0.05) is 18.1 Å². The van der Waals surface area contributed by atoms with Gasteiger partial charge in [0.1, 0.15) is 0 Å². The Labute approximate surface area is 99.6 Å². The molecule has 0 saturated carbocycles. The third kappa shape index (κ3) is 2.00. The van der Waals surface area contributed by atoms with Crippen molar-refractivity contribution in [3.05, 3.63) is 28.3 Å². The highest BCUT2D eigenvalue weighted by Crippen LogP contribution is 2.31. The van der Waals surface area contributed by atoms with Crippen LogP contribution >= 0.6 is 11.6 Å². The van der Waals surface area contributed by atoms with Gasteiger partial charge in [0.05, 0.1) is 11.3 Å². The summed E-state index contributed by atoms with van der Waals surface area (Å²) in [4.78, 5) is 13.3. The van der Waals surface area contributed by atoms with E-state index in [-0.39, 0.29) is 0 Å². The molecule has 1 aliphatic heterocycles. The van der Waals surface area contributed by atoms with E-state index in [0.29, 0.717) is 10.6 Å². The van der Waals surface area contributed by atoms with Crippen LogP contribution in [0.1, 0.15) is 28.8 Å². The van der Waals surface area contributed by atoms with Crippen molar-refractivity contribution in [2.45, 2.75) is 19.8 Å². The number of aromatic carboxylic acids is 1. The highest BCUT2D eigenvalue weighted by atomic mass is 35.5. The van der Waals surface area contributed by atoms with Gasteiger partial charge in [-0.05, 0) is 37.5 Å². The lowest BCUT2D eigenvalue weighted by Gasteiger charge is -2.22. The standard InChI is InChI=1S/C12H14ClNO2/c1-8-6-9(13)7-10(12(15)16)11(8)14-4-2-3-5-14/h6-7H,2-5H2,1H3,(H,15,16). The molecule has 1 aromatic carbocycles. The normalized spacial score (nSPS) is 15.5. The zero-order chi connectivity index (χ0) is 11.7. The molecule has 0 amide bonds. The fourth-order valence-corrected chi connectivity index (χ4v) is 2.53. The summed E-state index contributed by atoms with van der Waals surface area (Å²) in [5.41, 5.74) is 2.08. The van der Waals surface area contributed by atoms with Crippen LogP contribution in [-0.4, -0.2) is 24.2 Å². The first kappa shape index (κ1) is 11.3. The Kier molecular flexibility index (Phi) is 3.06. The van der Waals surface area contributed by atoms with Crippen LogP contribution in [0.15, 0.2) is 12.1 Å². The maximum atomic E-state index is 11.2. The molecule has 86 valence electrons. The maximum absolute atomic E-state index is 11.2. The predicted octanol–water partition coefficient (Wildman–Crippen LogP) is 2.95. The van der Waals surface area contributed by atoms with Gasteiger partial charge in [-0.3, -0.25) is 0 Å². The molecule has 1 aromatic rings. The third-order valence-corrected chi connectivity index (χ3v) is 3.14. The molecule has 0 aliphatic carbocycles. The molecule has 1 aliphatic rings. The monoisotopic (exact) mass is 239 g/mol. The minimum Gasteiger partial charge on any atom is -0.478 e. The maximum Gasteiger partial charge on any atom is 0.337 e.